The molecule has 0 spiro atoms. The number of nitriles is 1. The molecule has 2 aromatic carbocycles. The third-order valence-electron chi connectivity index (χ3n) is 6.06. The zero-order chi connectivity index (χ0) is 33.5. The number of aliphatic imine (C=N–C) groups is 1. The Kier molecular flexibility index (Phi) is 9.12. The molecule has 0 saturated carbocycles. The van der Waals surface area contributed by atoms with E-state index in [0.29, 0.717) is 16.9 Å². The number of alkyl carbamates (subject to hydrolysis) is 2. The first kappa shape index (κ1) is 33.6. The van der Waals surface area contributed by atoms with Gasteiger partial charge in [0.15, 0.2) is 5.11 Å². The lowest BCUT2D eigenvalue weighted by Gasteiger charge is -2.29. The minimum absolute atomic E-state index is 0.209. The minimum Gasteiger partial charge on any atom is -0.444 e. The van der Waals surface area contributed by atoms with Crippen LogP contribution < -0.4 is 20.4 Å². The number of nitrogens with one attached hydrogen (secondary N) is 2. The van der Waals surface area contributed by atoms with E-state index in [1.807, 2.05) is 18.2 Å². The molecule has 1 aliphatic heterocycles. The number of guanidine groups is 1. The van der Waals surface area contributed by atoms with Gasteiger partial charge < -0.3 is 14.4 Å². The fourth-order valence-corrected chi connectivity index (χ4v) is 5.83. The molecule has 1 aromatic heterocycles. The quantitative estimate of drug-likeness (QED) is 0.175. The van der Waals surface area contributed by atoms with Crippen molar-refractivity contribution in [1.82, 2.24) is 15.6 Å². The highest BCUT2D eigenvalue weighted by molar-refractivity contribution is 7.81. The van der Waals surface area contributed by atoms with E-state index in [1.165, 1.54) is 28.4 Å². The number of thiocarbonyl (C=S) groups is 1. The number of anilines is 2. The normalized spacial score (nSPS) is 14.7. The Morgan fingerprint density at radius 2 is 1.60 bits per heavy atom. The first-order valence-corrected chi connectivity index (χ1v) is 15.3. The van der Waals surface area contributed by atoms with Crippen molar-refractivity contribution in [3.8, 4) is 6.07 Å². The number of carbonyl (C=O) groups is 3. The Hall–Kier alpha value is -4.32. The minimum atomic E-state index is -1.07. The van der Waals surface area contributed by atoms with E-state index in [-0.39, 0.29) is 32.7 Å². The van der Waals surface area contributed by atoms with Crippen LogP contribution in [0, 0.1) is 11.3 Å². The van der Waals surface area contributed by atoms with Crippen molar-refractivity contribution >= 4 is 91.0 Å². The van der Waals surface area contributed by atoms with Gasteiger partial charge in [-0.25, -0.2) is 14.6 Å². The molecule has 45 heavy (non-hydrogen) atoms. The predicted molar refractivity (Wildman–Crippen MR) is 178 cm³/mol. The average Bonchev–Trinajstić information content (AvgIpc) is 3.35. The zero-order valence-corrected chi connectivity index (χ0v) is 28.3. The number of rotatable bonds is 3. The Bertz CT molecular complexity index is 1750. The third-order valence-corrected chi connectivity index (χ3v) is 7.67. The summed E-state index contributed by atoms with van der Waals surface area (Å²) in [5, 5.41) is 14.8. The highest BCUT2D eigenvalue weighted by Gasteiger charge is 2.50. The molecule has 2 heterocycles. The summed E-state index contributed by atoms with van der Waals surface area (Å²) in [6.45, 7) is 13.7. The van der Waals surface area contributed by atoms with Gasteiger partial charge in [-0.3, -0.25) is 20.3 Å². The van der Waals surface area contributed by atoms with Crippen LogP contribution in [0.4, 0.5) is 26.1 Å². The van der Waals surface area contributed by atoms with Crippen molar-refractivity contribution < 1.29 is 23.9 Å². The molecule has 12 nitrogen and oxygen atoms in total. The Morgan fingerprint density at radius 1 is 1.02 bits per heavy atom. The molecule has 1 aliphatic rings. The first-order valence-electron chi connectivity index (χ1n) is 13.7. The van der Waals surface area contributed by atoms with Gasteiger partial charge in [0.1, 0.15) is 22.8 Å². The lowest BCUT2D eigenvalue weighted by Crippen LogP contribution is -2.47. The molecule has 4 rings (SSSR count). The molecule has 2 N–H and O–H groups in total. The maximum absolute atomic E-state index is 13.6. The molecule has 15 heteroatoms. The number of ether oxygens (including phenoxy) is 2. The van der Waals surface area contributed by atoms with Gasteiger partial charge in [0.05, 0.1) is 26.5 Å². The summed E-state index contributed by atoms with van der Waals surface area (Å²) < 4.78 is 11.4. The summed E-state index contributed by atoms with van der Waals surface area (Å²) in [5.74, 6) is -0.509. The number of aromatic nitrogens is 1. The van der Waals surface area contributed by atoms with E-state index >= 15 is 0 Å². The smallest absolute Gasteiger partial charge is 0.414 e. The average molecular weight is 670 g/mol. The van der Waals surface area contributed by atoms with Crippen LogP contribution in [0.3, 0.4) is 0 Å². The Labute approximate surface area is 275 Å². The van der Waals surface area contributed by atoms with E-state index in [0.717, 1.165) is 4.70 Å². The number of fused-ring (bicyclic) bond motifs is 1. The number of nitrogens with zero attached hydrogens (tertiary/aromatic N) is 5. The largest absolute Gasteiger partial charge is 0.444 e. The van der Waals surface area contributed by atoms with Crippen molar-refractivity contribution in [2.45, 2.75) is 72.1 Å². The van der Waals surface area contributed by atoms with Crippen molar-refractivity contribution in [2.24, 2.45) is 4.99 Å². The number of hydrogen-bond donors (Lipinski definition) is 2. The molecule has 0 aliphatic carbocycles. The Morgan fingerprint density at radius 3 is 2.13 bits per heavy atom. The van der Waals surface area contributed by atoms with E-state index in [4.69, 9.17) is 33.3 Å². The monoisotopic (exact) mass is 669 g/mol. The van der Waals surface area contributed by atoms with Crippen LogP contribution in [-0.2, 0) is 14.3 Å². The molecule has 236 valence electrons. The van der Waals surface area contributed by atoms with Crippen molar-refractivity contribution in [3.05, 3.63) is 47.0 Å². The number of benzene rings is 2. The fraction of sp³-hybridized carbons (Fsp3) is 0.367. The lowest BCUT2D eigenvalue weighted by atomic mass is 10.0. The summed E-state index contributed by atoms with van der Waals surface area (Å²) >= 11 is 13.2. The topological polar surface area (TPSA) is 149 Å². The SMILES string of the molecule is CC(C)(C)OC(=O)NC(=Nc1nc2cc(N3C(=S)N(c4ccc(C#N)c(Cl)c4)C(=O)C3(C)C)ccc2s1)NC(=O)OC(C)(C)C. The molecular formula is C30H32ClN7O5S2. The molecule has 1 fully saturated rings. The van der Waals surface area contributed by atoms with Crippen LogP contribution in [0.5, 0.6) is 0 Å². The maximum atomic E-state index is 13.6. The van der Waals surface area contributed by atoms with Crippen LogP contribution in [0.25, 0.3) is 10.2 Å². The number of halogens is 1. The van der Waals surface area contributed by atoms with E-state index in [2.05, 4.69) is 20.6 Å². The molecular weight excluding hydrogens is 638 g/mol. The molecule has 0 radical (unpaired) electrons. The van der Waals surface area contributed by atoms with Gasteiger partial charge in [0.2, 0.25) is 11.1 Å². The van der Waals surface area contributed by atoms with Crippen LogP contribution in [0.2, 0.25) is 5.02 Å². The van der Waals surface area contributed by atoms with Gasteiger partial charge in [-0.1, -0.05) is 22.9 Å². The van der Waals surface area contributed by atoms with Gasteiger partial charge in [0, 0.05) is 5.69 Å². The van der Waals surface area contributed by atoms with Gasteiger partial charge in [-0.15, -0.1) is 0 Å². The highest BCUT2D eigenvalue weighted by Crippen LogP contribution is 2.39. The number of carbonyl (C=O) groups excluding carboxylic acids is 3. The van der Waals surface area contributed by atoms with E-state index < -0.39 is 28.9 Å². The van der Waals surface area contributed by atoms with Crippen LogP contribution >= 0.6 is 35.2 Å². The van der Waals surface area contributed by atoms with Crippen molar-refractivity contribution in [1.29, 1.82) is 5.26 Å². The zero-order valence-electron chi connectivity index (χ0n) is 25.9. The summed E-state index contributed by atoms with van der Waals surface area (Å²) in [6.07, 6.45) is -1.66. The Balaban J connectivity index is 1.67. The number of thiazole rings is 1. The summed E-state index contributed by atoms with van der Waals surface area (Å²) in [7, 11) is 0. The standard InChI is InChI=1S/C30H32ClN7O5S2/c1-28(2,3)42-25(40)35-23(36-26(41)43-29(4,5)6)34-24-33-20-14-18(11-12-21(20)45-24)38-27(44)37(22(39)30(38,7)8)17-10-9-16(15-32)19(31)13-17/h9-14H,1-8H3,(H2,33,34,35,36,40,41). The lowest BCUT2D eigenvalue weighted by molar-refractivity contribution is -0.120. The van der Waals surface area contributed by atoms with E-state index in [9.17, 15) is 19.6 Å². The first-order chi connectivity index (χ1) is 20.8. The molecule has 3 aromatic rings. The second-order valence-corrected chi connectivity index (χ2v) is 14.2. The third kappa shape index (κ3) is 7.67. The molecule has 1 saturated heterocycles. The van der Waals surface area contributed by atoms with E-state index in [1.54, 1.807) is 72.4 Å². The van der Waals surface area contributed by atoms with Crippen LogP contribution in [-0.4, -0.2) is 50.9 Å². The summed E-state index contributed by atoms with van der Waals surface area (Å²) in [4.78, 5) is 50.6. The predicted octanol–water partition coefficient (Wildman–Crippen LogP) is 6.77. The number of hydrogen-bond acceptors (Lipinski definition) is 10. The maximum Gasteiger partial charge on any atom is 0.414 e. The van der Waals surface area contributed by atoms with Crippen molar-refractivity contribution in [3.63, 3.8) is 0 Å². The molecule has 0 unspecified atom stereocenters. The van der Waals surface area contributed by atoms with Crippen molar-refractivity contribution in [2.75, 3.05) is 9.80 Å². The second-order valence-electron chi connectivity index (χ2n) is 12.5. The van der Waals surface area contributed by atoms with Gasteiger partial charge in [-0.05, 0) is 104 Å². The van der Waals surface area contributed by atoms with Gasteiger partial charge in [-0.2, -0.15) is 10.3 Å². The van der Waals surface area contributed by atoms with Gasteiger partial charge >= 0.3 is 12.2 Å². The van der Waals surface area contributed by atoms with Gasteiger partial charge in [0.25, 0.3) is 5.91 Å². The number of amides is 3. The van der Waals surface area contributed by atoms with Crippen LogP contribution in [0.15, 0.2) is 41.4 Å². The fourth-order valence-electron chi connectivity index (χ4n) is 4.26. The second kappa shape index (κ2) is 12.2. The highest BCUT2D eigenvalue weighted by atomic mass is 35.5. The molecule has 3 amide bonds. The summed E-state index contributed by atoms with van der Waals surface area (Å²) in [6, 6.07) is 12.1. The molecule has 0 bridgehead atoms. The van der Waals surface area contributed by atoms with Crippen LogP contribution in [0.1, 0.15) is 61.0 Å². The summed E-state index contributed by atoms with van der Waals surface area (Å²) in [5.41, 5.74) is -0.778. The molecule has 0 atom stereocenters.